The van der Waals surface area contributed by atoms with Gasteiger partial charge < -0.3 is 9.47 Å². The standard InChI is InChI=1S/C19H14BrNO3/c1-23-17-11-3-2-6-13(17)7-5-10-16-19(22)24-18(21-16)14-8-4-9-15(20)12-14/h2-12H,1H3/b7-5+,16-10-. The highest BCUT2D eigenvalue weighted by Crippen LogP contribution is 2.21. The van der Waals surface area contributed by atoms with E-state index in [1.807, 2.05) is 54.6 Å². The van der Waals surface area contributed by atoms with E-state index in [0.29, 0.717) is 5.90 Å². The number of halogens is 1. The SMILES string of the molecule is COc1ccccc1/C=C/C=C1\N=C(c2cccc(Br)c2)OC1=O. The maximum Gasteiger partial charge on any atom is 0.363 e. The molecule has 24 heavy (non-hydrogen) atoms. The maximum absolute atomic E-state index is 11.9. The number of cyclic esters (lactones) is 1. The second-order valence-electron chi connectivity index (χ2n) is 4.97. The van der Waals surface area contributed by atoms with Crippen molar-refractivity contribution >= 4 is 33.9 Å². The first-order valence-electron chi connectivity index (χ1n) is 7.25. The molecule has 0 spiro atoms. The summed E-state index contributed by atoms with van der Waals surface area (Å²) in [7, 11) is 1.62. The lowest BCUT2D eigenvalue weighted by Gasteiger charge is -2.02. The molecule has 0 amide bonds. The van der Waals surface area contributed by atoms with Crippen LogP contribution < -0.4 is 4.74 Å². The van der Waals surface area contributed by atoms with Gasteiger partial charge in [0.2, 0.25) is 5.90 Å². The number of aliphatic imine (C=N–C) groups is 1. The van der Waals surface area contributed by atoms with E-state index in [1.54, 1.807) is 19.3 Å². The molecule has 0 bridgehead atoms. The van der Waals surface area contributed by atoms with Gasteiger partial charge in [-0.3, -0.25) is 0 Å². The maximum atomic E-state index is 11.9. The van der Waals surface area contributed by atoms with Crippen LogP contribution in [0.25, 0.3) is 6.08 Å². The molecule has 0 aliphatic carbocycles. The van der Waals surface area contributed by atoms with Crippen molar-refractivity contribution < 1.29 is 14.3 Å². The minimum absolute atomic E-state index is 0.260. The van der Waals surface area contributed by atoms with Crippen LogP contribution in [0.1, 0.15) is 11.1 Å². The van der Waals surface area contributed by atoms with Crippen molar-refractivity contribution in [3.63, 3.8) is 0 Å². The number of hydrogen-bond donors (Lipinski definition) is 0. The van der Waals surface area contributed by atoms with Crippen molar-refractivity contribution in [3.05, 3.63) is 82.0 Å². The lowest BCUT2D eigenvalue weighted by atomic mass is 10.2. The number of carbonyl (C=O) groups is 1. The quantitative estimate of drug-likeness (QED) is 0.582. The van der Waals surface area contributed by atoms with Crippen LogP contribution in [0.5, 0.6) is 5.75 Å². The van der Waals surface area contributed by atoms with Crippen LogP contribution >= 0.6 is 15.9 Å². The van der Waals surface area contributed by atoms with E-state index in [2.05, 4.69) is 20.9 Å². The summed E-state index contributed by atoms with van der Waals surface area (Å²) in [4.78, 5) is 16.2. The third-order valence-corrected chi connectivity index (χ3v) is 3.85. The number of carbonyl (C=O) groups excluding carboxylic acids is 1. The zero-order chi connectivity index (χ0) is 16.9. The first-order chi connectivity index (χ1) is 11.7. The Morgan fingerprint density at radius 1 is 1.17 bits per heavy atom. The number of allylic oxidation sites excluding steroid dienone is 2. The fourth-order valence-corrected chi connectivity index (χ4v) is 2.61. The van der Waals surface area contributed by atoms with E-state index in [1.165, 1.54) is 0 Å². The van der Waals surface area contributed by atoms with E-state index in [0.717, 1.165) is 21.3 Å². The van der Waals surface area contributed by atoms with Gasteiger partial charge in [0.25, 0.3) is 0 Å². The zero-order valence-corrected chi connectivity index (χ0v) is 14.5. The van der Waals surface area contributed by atoms with Crippen LogP contribution in [0.15, 0.2) is 75.8 Å². The number of methoxy groups -OCH3 is 1. The number of para-hydroxylation sites is 1. The van der Waals surface area contributed by atoms with Gasteiger partial charge in [-0.2, -0.15) is 0 Å². The van der Waals surface area contributed by atoms with Gasteiger partial charge in [-0.25, -0.2) is 9.79 Å². The molecule has 1 aliphatic rings. The summed E-state index contributed by atoms with van der Waals surface area (Å²) in [5.74, 6) is 0.604. The molecule has 0 fully saturated rings. The Kier molecular flexibility index (Phi) is 4.91. The predicted octanol–water partition coefficient (Wildman–Crippen LogP) is 4.36. The molecule has 2 aromatic carbocycles. The molecule has 5 heteroatoms. The normalized spacial score (nSPS) is 15.7. The van der Waals surface area contributed by atoms with Crippen LogP contribution in [0, 0.1) is 0 Å². The summed E-state index contributed by atoms with van der Waals surface area (Å²) in [6.45, 7) is 0. The highest BCUT2D eigenvalue weighted by atomic mass is 79.9. The first-order valence-corrected chi connectivity index (χ1v) is 8.05. The van der Waals surface area contributed by atoms with Crippen molar-refractivity contribution in [2.24, 2.45) is 4.99 Å². The van der Waals surface area contributed by atoms with Crippen LogP contribution in [-0.4, -0.2) is 19.0 Å². The Bertz CT molecular complexity index is 868. The summed E-state index contributed by atoms with van der Waals surface area (Å²) in [6, 6.07) is 15.1. The number of ether oxygens (including phenoxy) is 2. The van der Waals surface area contributed by atoms with Gasteiger partial charge in [0, 0.05) is 15.6 Å². The van der Waals surface area contributed by atoms with Gasteiger partial charge in [-0.15, -0.1) is 0 Å². The summed E-state index contributed by atoms with van der Waals surface area (Å²) >= 11 is 3.39. The van der Waals surface area contributed by atoms with Crippen molar-refractivity contribution in [1.82, 2.24) is 0 Å². The third-order valence-electron chi connectivity index (χ3n) is 3.36. The minimum Gasteiger partial charge on any atom is -0.496 e. The van der Waals surface area contributed by atoms with Gasteiger partial charge in [0.15, 0.2) is 5.70 Å². The molecule has 1 aliphatic heterocycles. The molecule has 4 nitrogen and oxygen atoms in total. The van der Waals surface area contributed by atoms with Gasteiger partial charge in [0.1, 0.15) is 5.75 Å². The molecule has 2 aromatic rings. The number of rotatable bonds is 4. The first kappa shape index (κ1) is 16.2. The topological polar surface area (TPSA) is 47.9 Å². The molecule has 0 saturated heterocycles. The minimum atomic E-state index is -0.463. The van der Waals surface area contributed by atoms with Gasteiger partial charge >= 0.3 is 5.97 Å². The second-order valence-corrected chi connectivity index (χ2v) is 5.89. The summed E-state index contributed by atoms with van der Waals surface area (Å²) < 4.78 is 11.4. The lowest BCUT2D eigenvalue weighted by Crippen LogP contribution is -2.05. The molecule has 0 unspecified atom stereocenters. The molecular weight excluding hydrogens is 370 g/mol. The lowest BCUT2D eigenvalue weighted by molar-refractivity contribution is -0.130. The van der Waals surface area contributed by atoms with Crippen LogP contribution in [0.3, 0.4) is 0 Å². The molecule has 0 N–H and O–H groups in total. The molecule has 120 valence electrons. The summed E-state index contributed by atoms with van der Waals surface area (Å²) in [5, 5.41) is 0. The number of benzene rings is 2. The molecule has 0 aromatic heterocycles. The molecular formula is C19H14BrNO3. The van der Waals surface area contributed by atoms with E-state index >= 15 is 0 Å². The van der Waals surface area contributed by atoms with Gasteiger partial charge in [0.05, 0.1) is 7.11 Å². The molecule has 0 radical (unpaired) electrons. The molecule has 0 saturated carbocycles. The average Bonchev–Trinajstić information content (AvgIpc) is 2.96. The highest BCUT2D eigenvalue weighted by Gasteiger charge is 2.23. The summed E-state index contributed by atoms with van der Waals surface area (Å²) in [5.41, 5.74) is 1.92. The van der Waals surface area contributed by atoms with Gasteiger partial charge in [-0.05, 0) is 30.3 Å². The fourth-order valence-electron chi connectivity index (χ4n) is 2.22. The van der Waals surface area contributed by atoms with E-state index < -0.39 is 5.97 Å². The van der Waals surface area contributed by atoms with Crippen molar-refractivity contribution in [3.8, 4) is 5.75 Å². The number of nitrogens with zero attached hydrogens (tertiary/aromatic N) is 1. The second kappa shape index (κ2) is 7.27. The van der Waals surface area contributed by atoms with Crippen LogP contribution in [0.2, 0.25) is 0 Å². The molecule has 0 atom stereocenters. The van der Waals surface area contributed by atoms with E-state index in [4.69, 9.17) is 9.47 Å². The Balaban J connectivity index is 1.82. The molecule has 1 heterocycles. The number of esters is 1. The predicted molar refractivity (Wildman–Crippen MR) is 96.9 cm³/mol. The monoisotopic (exact) mass is 383 g/mol. The summed E-state index contributed by atoms with van der Waals surface area (Å²) in [6.07, 6.45) is 5.23. The van der Waals surface area contributed by atoms with Crippen molar-refractivity contribution in [1.29, 1.82) is 0 Å². The molecule has 3 rings (SSSR count). The average molecular weight is 384 g/mol. The largest absolute Gasteiger partial charge is 0.496 e. The fraction of sp³-hybridized carbons (Fsp3) is 0.0526. The van der Waals surface area contributed by atoms with Crippen molar-refractivity contribution in [2.75, 3.05) is 7.11 Å². The van der Waals surface area contributed by atoms with E-state index in [9.17, 15) is 4.79 Å². The number of hydrogen-bond acceptors (Lipinski definition) is 4. The van der Waals surface area contributed by atoms with Crippen LogP contribution in [-0.2, 0) is 9.53 Å². The Morgan fingerprint density at radius 2 is 2.00 bits per heavy atom. The van der Waals surface area contributed by atoms with Crippen LogP contribution in [0.4, 0.5) is 0 Å². The van der Waals surface area contributed by atoms with Crippen molar-refractivity contribution in [2.45, 2.75) is 0 Å². The van der Waals surface area contributed by atoms with E-state index in [-0.39, 0.29) is 5.70 Å². The van der Waals surface area contributed by atoms with Gasteiger partial charge in [-0.1, -0.05) is 52.3 Å². The Labute approximate surface area is 148 Å². The smallest absolute Gasteiger partial charge is 0.363 e. The zero-order valence-electron chi connectivity index (χ0n) is 12.9. The highest BCUT2D eigenvalue weighted by molar-refractivity contribution is 9.10. The Morgan fingerprint density at radius 3 is 2.79 bits per heavy atom. The third kappa shape index (κ3) is 3.63. The Hall–Kier alpha value is -2.66.